The largest absolute Gasteiger partial charge is 0.389 e. The second-order valence-electron chi connectivity index (χ2n) is 6.37. The third-order valence-electron chi connectivity index (χ3n) is 3.74. The minimum atomic E-state index is -0.418. The highest BCUT2D eigenvalue weighted by Gasteiger charge is 2.10. The number of aliphatic hydroxyl groups is 1. The first-order chi connectivity index (χ1) is 9.36. The van der Waals surface area contributed by atoms with Crippen LogP contribution >= 0.6 is 0 Å². The van der Waals surface area contributed by atoms with Crippen LogP contribution in [0.4, 0.5) is 0 Å². The number of nitrogens with zero attached hydrogens (tertiary/aromatic N) is 1. The summed E-state index contributed by atoms with van der Waals surface area (Å²) in [7, 11) is 2.14. The van der Waals surface area contributed by atoms with Crippen LogP contribution in [0, 0.1) is 5.92 Å². The van der Waals surface area contributed by atoms with E-state index < -0.39 is 6.10 Å². The molecule has 0 bridgehead atoms. The summed E-state index contributed by atoms with van der Waals surface area (Å²) in [4.78, 5) is 2.33. The van der Waals surface area contributed by atoms with Crippen molar-refractivity contribution in [3.05, 3.63) is 0 Å². The molecular weight excluding hydrogens is 252 g/mol. The Labute approximate surface area is 125 Å². The first-order valence-electron chi connectivity index (χ1n) is 8.07. The van der Waals surface area contributed by atoms with Crippen molar-refractivity contribution in [3.63, 3.8) is 0 Å². The third-order valence-corrected chi connectivity index (χ3v) is 3.74. The molecule has 0 amide bonds. The van der Waals surface area contributed by atoms with E-state index in [-0.39, 0.29) is 6.10 Å². The molecule has 0 radical (unpaired) electrons. The Kier molecular flexibility index (Phi) is 11.4. The van der Waals surface area contributed by atoms with Gasteiger partial charge in [-0.1, -0.05) is 20.8 Å². The minimum Gasteiger partial charge on any atom is -0.389 e. The van der Waals surface area contributed by atoms with Crippen LogP contribution in [0.25, 0.3) is 0 Å². The van der Waals surface area contributed by atoms with Gasteiger partial charge >= 0.3 is 0 Å². The minimum absolute atomic E-state index is 0.223. The predicted octanol–water partition coefficient (Wildman–Crippen LogP) is 2.12. The van der Waals surface area contributed by atoms with Crippen LogP contribution in [0.2, 0.25) is 0 Å². The Morgan fingerprint density at radius 3 is 2.40 bits per heavy atom. The lowest BCUT2D eigenvalue weighted by Crippen LogP contribution is -2.38. The lowest BCUT2D eigenvalue weighted by Gasteiger charge is -2.24. The molecule has 0 aromatic carbocycles. The van der Waals surface area contributed by atoms with E-state index in [0.29, 0.717) is 25.1 Å². The number of ether oxygens (including phenoxy) is 1. The molecule has 0 saturated carbocycles. The zero-order valence-electron chi connectivity index (χ0n) is 14.4. The van der Waals surface area contributed by atoms with E-state index in [1.54, 1.807) is 0 Å². The van der Waals surface area contributed by atoms with Gasteiger partial charge in [-0.3, -0.25) is 0 Å². The van der Waals surface area contributed by atoms with Crippen LogP contribution in [0.15, 0.2) is 0 Å². The Bertz CT molecular complexity index is 225. The van der Waals surface area contributed by atoms with E-state index in [2.05, 4.69) is 51.9 Å². The highest BCUT2D eigenvalue weighted by Crippen LogP contribution is 2.07. The van der Waals surface area contributed by atoms with Crippen molar-refractivity contribution in [2.75, 3.05) is 33.3 Å². The summed E-state index contributed by atoms with van der Waals surface area (Å²) >= 11 is 0. The molecule has 4 nitrogen and oxygen atoms in total. The number of nitrogens with one attached hydrogen (secondary N) is 1. The number of rotatable bonds is 12. The van der Waals surface area contributed by atoms with Gasteiger partial charge in [-0.15, -0.1) is 0 Å². The molecule has 3 unspecified atom stereocenters. The molecule has 0 fully saturated rings. The first-order valence-corrected chi connectivity index (χ1v) is 8.07. The Morgan fingerprint density at radius 2 is 1.85 bits per heavy atom. The molecule has 0 aromatic heterocycles. The van der Waals surface area contributed by atoms with Crippen LogP contribution < -0.4 is 5.32 Å². The molecular formula is C16H36N2O2. The van der Waals surface area contributed by atoms with E-state index >= 15 is 0 Å². The Hall–Kier alpha value is -0.160. The fraction of sp³-hybridized carbons (Fsp3) is 1.00. The maximum atomic E-state index is 9.85. The lowest BCUT2D eigenvalue weighted by atomic mass is 10.1. The summed E-state index contributed by atoms with van der Waals surface area (Å²) in [6.45, 7) is 13.8. The van der Waals surface area contributed by atoms with E-state index in [4.69, 9.17) is 4.74 Å². The molecule has 0 heterocycles. The van der Waals surface area contributed by atoms with Crippen LogP contribution in [-0.4, -0.2) is 61.5 Å². The summed E-state index contributed by atoms with van der Waals surface area (Å²) in [6.07, 6.45) is 2.01. The maximum absolute atomic E-state index is 9.85. The van der Waals surface area contributed by atoms with Gasteiger partial charge in [0.05, 0.1) is 18.8 Å². The highest BCUT2D eigenvalue weighted by molar-refractivity contribution is 4.65. The van der Waals surface area contributed by atoms with Gasteiger partial charge in [0.25, 0.3) is 0 Å². The fourth-order valence-electron chi connectivity index (χ4n) is 2.12. The standard InChI is InChI=1S/C16H36N2O2/c1-7-14(4)18(6)9-8-17-11-16(19)12-20-15(5)10-13(2)3/h13-17,19H,7-12H2,1-6H3. The molecule has 0 aromatic rings. The van der Waals surface area contributed by atoms with E-state index in [1.165, 1.54) is 6.42 Å². The summed E-state index contributed by atoms with van der Waals surface area (Å²) in [5.41, 5.74) is 0. The van der Waals surface area contributed by atoms with Crippen molar-refractivity contribution >= 4 is 0 Å². The van der Waals surface area contributed by atoms with Gasteiger partial charge in [0.2, 0.25) is 0 Å². The van der Waals surface area contributed by atoms with Gasteiger partial charge in [-0.2, -0.15) is 0 Å². The maximum Gasteiger partial charge on any atom is 0.0897 e. The number of hydrogen-bond acceptors (Lipinski definition) is 4. The molecule has 3 atom stereocenters. The van der Waals surface area contributed by atoms with Crippen molar-refractivity contribution in [2.24, 2.45) is 5.92 Å². The number of likely N-dealkylation sites (N-methyl/N-ethyl adjacent to an activating group) is 1. The van der Waals surface area contributed by atoms with Crippen LogP contribution in [0.1, 0.15) is 47.5 Å². The van der Waals surface area contributed by atoms with Gasteiger partial charge in [-0.25, -0.2) is 0 Å². The van der Waals surface area contributed by atoms with Crippen molar-refractivity contribution in [1.82, 2.24) is 10.2 Å². The molecule has 122 valence electrons. The second kappa shape index (κ2) is 11.5. The van der Waals surface area contributed by atoms with Crippen molar-refractivity contribution in [2.45, 2.75) is 65.7 Å². The molecule has 0 spiro atoms. The highest BCUT2D eigenvalue weighted by atomic mass is 16.5. The molecule has 0 aliphatic heterocycles. The molecule has 0 aliphatic rings. The van der Waals surface area contributed by atoms with Crippen molar-refractivity contribution in [3.8, 4) is 0 Å². The average molecular weight is 288 g/mol. The van der Waals surface area contributed by atoms with E-state index in [0.717, 1.165) is 19.5 Å². The summed E-state index contributed by atoms with van der Waals surface area (Å²) in [5.74, 6) is 0.636. The topological polar surface area (TPSA) is 44.7 Å². The molecule has 2 N–H and O–H groups in total. The third kappa shape index (κ3) is 10.6. The summed E-state index contributed by atoms with van der Waals surface area (Å²) in [6, 6.07) is 0.613. The molecule has 0 rings (SSSR count). The fourth-order valence-corrected chi connectivity index (χ4v) is 2.12. The smallest absolute Gasteiger partial charge is 0.0897 e. The van der Waals surface area contributed by atoms with Crippen LogP contribution in [0.3, 0.4) is 0 Å². The Balaban J connectivity index is 3.56. The summed E-state index contributed by atoms with van der Waals surface area (Å²) in [5, 5.41) is 13.1. The number of hydrogen-bond donors (Lipinski definition) is 2. The van der Waals surface area contributed by atoms with Crippen LogP contribution in [-0.2, 0) is 4.74 Å². The van der Waals surface area contributed by atoms with Gasteiger partial charge in [-0.05, 0) is 39.7 Å². The monoisotopic (exact) mass is 288 g/mol. The number of aliphatic hydroxyl groups excluding tert-OH is 1. The predicted molar refractivity (Wildman–Crippen MR) is 86.1 cm³/mol. The molecule has 20 heavy (non-hydrogen) atoms. The quantitative estimate of drug-likeness (QED) is 0.540. The van der Waals surface area contributed by atoms with E-state index in [9.17, 15) is 5.11 Å². The van der Waals surface area contributed by atoms with Gasteiger partial charge in [0.1, 0.15) is 0 Å². The SMILES string of the molecule is CCC(C)N(C)CCNCC(O)COC(C)CC(C)C. The zero-order valence-corrected chi connectivity index (χ0v) is 14.4. The van der Waals surface area contributed by atoms with E-state index in [1.807, 2.05) is 0 Å². The average Bonchev–Trinajstić information content (AvgIpc) is 2.39. The normalized spacial score (nSPS) is 16.6. The zero-order chi connectivity index (χ0) is 15.5. The van der Waals surface area contributed by atoms with Gasteiger partial charge in [0, 0.05) is 25.7 Å². The van der Waals surface area contributed by atoms with Crippen molar-refractivity contribution < 1.29 is 9.84 Å². The molecule has 0 saturated heterocycles. The molecule has 0 aliphatic carbocycles. The van der Waals surface area contributed by atoms with Crippen LogP contribution in [0.5, 0.6) is 0 Å². The van der Waals surface area contributed by atoms with Gasteiger partial charge < -0.3 is 20.1 Å². The molecule has 4 heteroatoms. The van der Waals surface area contributed by atoms with Gasteiger partial charge in [0.15, 0.2) is 0 Å². The Morgan fingerprint density at radius 1 is 1.20 bits per heavy atom. The van der Waals surface area contributed by atoms with Crippen molar-refractivity contribution in [1.29, 1.82) is 0 Å². The first kappa shape index (κ1) is 19.8. The summed E-state index contributed by atoms with van der Waals surface area (Å²) < 4.78 is 5.65. The second-order valence-corrected chi connectivity index (χ2v) is 6.37. The lowest BCUT2D eigenvalue weighted by molar-refractivity contribution is -0.00856.